The molecule has 2 N–H and O–H groups in total. The van der Waals surface area contributed by atoms with Crippen molar-refractivity contribution in [3.8, 4) is 28.7 Å². The summed E-state index contributed by atoms with van der Waals surface area (Å²) in [5, 5.41) is 6.23. The minimum Gasteiger partial charge on any atom is -0.476 e. The Morgan fingerprint density at radius 1 is 0.455 bits per heavy atom. The standard InChI is InChI=1S/C85H86Cl4F3N23O8/c1-49-71-62(98-82(94-49)112-40-34-93-35-41-112)23-28-67(102-71)103-77(116)75(119-57-16-10-53(86)11-17-57)76(120-58-18-12-54(87)13-19-58)78(117)115(70-31-26-65-74(106-70)52(4)95-80(99-65)110-37-9-36-108(7)42-45-110)84(121-59-20-14-55(88)15-21-59,123-66-27-22-60(48-61(66)89)122-85(90,91)92)79(118)114(69-30-25-64-73(105-69)51(3)97-83(101-64)113-46-43-109(8)44-47-113)68-29-24-63-72(104-68)50(2)96-81(100-63)111-38-32-56(33-39-111)107(5)6/h10-31,48,56,75-76,93H,9,32-47H2,1-8H3,(H,102,103,116). The molecule has 3 amide bonds. The van der Waals surface area contributed by atoms with Crippen molar-refractivity contribution in [3.63, 3.8) is 0 Å². The van der Waals surface area contributed by atoms with Crippen molar-refractivity contribution in [2.45, 2.75) is 77.5 Å². The summed E-state index contributed by atoms with van der Waals surface area (Å²) in [4.78, 5) is 131. The number of amides is 3. The fourth-order valence-corrected chi connectivity index (χ4v) is 15.7. The number of nitrogens with zero attached hydrogens (tertiary/aromatic N) is 21. The maximum atomic E-state index is 18.7. The van der Waals surface area contributed by atoms with Gasteiger partial charge in [0.2, 0.25) is 36.0 Å². The molecule has 8 aromatic heterocycles. The monoisotopic (exact) mass is 1750 g/mol. The molecule has 0 radical (unpaired) electrons. The predicted octanol–water partition coefficient (Wildman–Crippen LogP) is 12.7. The first-order valence-corrected chi connectivity index (χ1v) is 41.5. The summed E-state index contributed by atoms with van der Waals surface area (Å²) in [5.74, 6) is -9.02. The molecule has 38 heteroatoms. The normalized spacial score (nSPS) is 16.3. The highest BCUT2D eigenvalue weighted by Crippen LogP contribution is 2.43. The zero-order valence-corrected chi connectivity index (χ0v) is 71.4. The first-order chi connectivity index (χ1) is 59.1. The molecule has 638 valence electrons. The van der Waals surface area contributed by atoms with Gasteiger partial charge in [-0.05, 0) is 215 Å². The zero-order chi connectivity index (χ0) is 86.1. The maximum absolute atomic E-state index is 18.7. The Balaban J connectivity index is 0.965. The number of aromatic nitrogens is 12. The number of benzene rings is 4. The van der Waals surface area contributed by atoms with Crippen LogP contribution < -0.4 is 63.7 Å². The van der Waals surface area contributed by atoms with E-state index in [1.54, 1.807) is 45.9 Å². The number of piperidine rings is 1. The number of anilines is 8. The topological polar surface area (TPSA) is 305 Å². The second-order valence-corrected chi connectivity index (χ2v) is 32.3. The molecular weight excluding hydrogens is 1670 g/mol. The van der Waals surface area contributed by atoms with Gasteiger partial charge in [0, 0.05) is 112 Å². The highest BCUT2D eigenvalue weighted by Gasteiger charge is 2.61. The molecule has 4 fully saturated rings. The number of pyridine rings is 4. The van der Waals surface area contributed by atoms with E-state index in [9.17, 15) is 13.2 Å². The highest BCUT2D eigenvalue weighted by molar-refractivity contribution is 6.32. The predicted molar refractivity (Wildman–Crippen MR) is 465 cm³/mol. The van der Waals surface area contributed by atoms with Crippen LogP contribution in [0.2, 0.25) is 20.1 Å². The van der Waals surface area contributed by atoms with Crippen LogP contribution in [0.4, 0.5) is 60.2 Å². The van der Waals surface area contributed by atoms with Gasteiger partial charge in [-0.1, -0.05) is 46.4 Å². The van der Waals surface area contributed by atoms with Crippen LogP contribution in [0, 0.1) is 27.7 Å². The summed E-state index contributed by atoms with van der Waals surface area (Å²) < 4.78 is 76.5. The minimum absolute atomic E-state index is 0.0525. The third-order valence-electron chi connectivity index (χ3n) is 21.8. The molecule has 0 aliphatic carbocycles. The van der Waals surface area contributed by atoms with Gasteiger partial charge in [-0.3, -0.25) is 14.4 Å². The Kier molecular flexibility index (Phi) is 24.8. The summed E-state index contributed by atoms with van der Waals surface area (Å²) in [5.41, 5.74) is 3.69. The Morgan fingerprint density at radius 3 is 1.37 bits per heavy atom. The van der Waals surface area contributed by atoms with Crippen molar-refractivity contribution in [3.05, 3.63) is 182 Å². The Hall–Kier alpha value is -11.8. The van der Waals surface area contributed by atoms with E-state index in [-0.39, 0.29) is 77.5 Å². The van der Waals surface area contributed by atoms with Gasteiger partial charge < -0.3 is 68.6 Å². The Bertz CT molecular complexity index is 5940. The maximum Gasteiger partial charge on any atom is 0.573 e. The van der Waals surface area contributed by atoms with Gasteiger partial charge in [-0.2, -0.15) is 0 Å². The number of piperazine rings is 2. The highest BCUT2D eigenvalue weighted by atomic mass is 35.5. The molecule has 31 nitrogen and oxygen atoms in total. The number of halogens is 7. The van der Waals surface area contributed by atoms with Crippen LogP contribution >= 0.6 is 46.4 Å². The van der Waals surface area contributed by atoms with Crippen molar-refractivity contribution < 1.29 is 51.2 Å². The van der Waals surface area contributed by atoms with E-state index in [0.29, 0.717) is 133 Å². The number of likely N-dealkylation sites (N-methyl/N-ethyl adjacent to an activating group) is 2. The van der Waals surface area contributed by atoms with Gasteiger partial charge in [0.1, 0.15) is 74.1 Å². The van der Waals surface area contributed by atoms with E-state index in [4.69, 9.17) is 125 Å². The Morgan fingerprint density at radius 2 is 0.878 bits per heavy atom. The van der Waals surface area contributed by atoms with E-state index in [1.165, 1.54) is 103 Å². The van der Waals surface area contributed by atoms with Gasteiger partial charge in [-0.25, -0.2) is 69.6 Å². The number of hydrogen-bond acceptors (Lipinski definition) is 28. The molecule has 4 aliphatic heterocycles. The number of fused-ring (bicyclic) bond motifs is 4. The summed E-state index contributed by atoms with van der Waals surface area (Å²) in [6, 6.07) is 32.5. The van der Waals surface area contributed by atoms with Crippen molar-refractivity contribution in [2.75, 3.05) is 155 Å². The van der Waals surface area contributed by atoms with Crippen LogP contribution in [0.5, 0.6) is 28.7 Å². The third-order valence-corrected chi connectivity index (χ3v) is 22.8. The van der Waals surface area contributed by atoms with Crippen LogP contribution in [0.25, 0.3) is 44.1 Å². The molecule has 12 aromatic rings. The lowest BCUT2D eigenvalue weighted by molar-refractivity contribution is -0.274. The van der Waals surface area contributed by atoms with Gasteiger partial charge in [0.15, 0.2) is 0 Å². The molecule has 3 unspecified atom stereocenters. The number of ether oxygens (including phenoxy) is 5. The molecule has 3 atom stereocenters. The summed E-state index contributed by atoms with van der Waals surface area (Å²) in [6.45, 7) is 16.4. The van der Waals surface area contributed by atoms with Crippen LogP contribution in [0.15, 0.2) is 140 Å². The Labute approximate surface area is 725 Å². The SMILES string of the molecule is Cc1nc(N2CCNCC2)nc2ccc(NC(=O)C(Oc3ccc(Cl)cc3)C(Oc3ccc(Cl)cc3)C(=O)N(c3ccc4nc(N5CCCN(C)CC5)nc(C)c4n3)C(Oc3ccc(Cl)cc3)(Oc3ccc(OC(F)(F)F)cc3Cl)C(=O)N(c3ccc4nc(N5CCC(N(C)C)CC5)nc(C)c4n3)c3ccc4nc(N5CCN(C)CC5)nc(C)c4n3)nc12. The number of aryl methyl sites for hydroxylation is 4. The summed E-state index contributed by atoms with van der Waals surface area (Å²) >= 11 is 27.3. The number of carbonyl (C=O) groups excluding carboxylic acids is 3. The molecule has 0 saturated carbocycles. The number of hydrogen-bond donors (Lipinski definition) is 2. The fraction of sp³-hybridized carbons (Fsp3) is 0.353. The van der Waals surface area contributed by atoms with Gasteiger partial charge in [-0.15, -0.1) is 13.2 Å². The van der Waals surface area contributed by atoms with Crippen molar-refractivity contribution >= 4 is 155 Å². The lowest BCUT2D eigenvalue weighted by Crippen LogP contribution is -2.71. The molecule has 0 bridgehead atoms. The fourth-order valence-electron chi connectivity index (χ4n) is 15.1. The average Bonchev–Trinajstić information content (AvgIpc) is 0.765. The lowest BCUT2D eigenvalue weighted by Gasteiger charge is -2.43. The summed E-state index contributed by atoms with van der Waals surface area (Å²) in [7, 11) is 8.18. The van der Waals surface area contributed by atoms with Crippen LogP contribution in [0.3, 0.4) is 0 Å². The van der Waals surface area contributed by atoms with E-state index in [2.05, 4.69) is 63.8 Å². The van der Waals surface area contributed by atoms with E-state index in [0.717, 1.165) is 75.1 Å². The number of alkyl halides is 3. The minimum atomic E-state index is -5.26. The van der Waals surface area contributed by atoms with Crippen molar-refractivity contribution in [1.82, 2.24) is 79.8 Å². The number of rotatable bonds is 23. The second kappa shape index (κ2) is 36.0. The van der Waals surface area contributed by atoms with Gasteiger partial charge >= 0.3 is 18.2 Å². The molecule has 16 rings (SSSR count). The third kappa shape index (κ3) is 18.9. The van der Waals surface area contributed by atoms with Gasteiger partial charge in [0.05, 0.1) is 49.9 Å². The quantitative estimate of drug-likeness (QED) is 0.0562. The van der Waals surface area contributed by atoms with Crippen molar-refractivity contribution in [2.24, 2.45) is 0 Å². The van der Waals surface area contributed by atoms with Crippen LogP contribution in [0.1, 0.15) is 42.0 Å². The molecule has 0 spiro atoms. The zero-order valence-electron chi connectivity index (χ0n) is 68.3. The molecule has 123 heavy (non-hydrogen) atoms. The smallest absolute Gasteiger partial charge is 0.476 e. The lowest BCUT2D eigenvalue weighted by atomic mass is 10.0. The second-order valence-electron chi connectivity index (χ2n) is 30.6. The van der Waals surface area contributed by atoms with Crippen LogP contribution in [-0.4, -0.2) is 243 Å². The summed E-state index contributed by atoms with van der Waals surface area (Å²) in [6.07, 6.45) is -7.49. The molecule has 4 aromatic carbocycles. The van der Waals surface area contributed by atoms with E-state index < -0.39 is 64.5 Å². The van der Waals surface area contributed by atoms with Crippen molar-refractivity contribution in [1.29, 1.82) is 0 Å². The molecular formula is C85H86Cl4F3N23O8. The number of nitrogens with one attached hydrogen (secondary N) is 2. The van der Waals surface area contributed by atoms with Crippen LogP contribution in [-0.2, 0) is 14.4 Å². The van der Waals surface area contributed by atoms with E-state index >= 15 is 14.4 Å². The molecule has 4 saturated heterocycles. The number of carbonyl (C=O) groups is 3. The largest absolute Gasteiger partial charge is 0.573 e. The first kappa shape index (κ1) is 84.8. The molecule has 4 aliphatic rings. The first-order valence-electron chi connectivity index (χ1n) is 40.0. The molecule has 12 heterocycles. The van der Waals surface area contributed by atoms with E-state index in [1.807, 2.05) is 14.1 Å². The average molecular weight is 1760 g/mol. The van der Waals surface area contributed by atoms with Gasteiger partial charge in [0.25, 0.3) is 11.8 Å².